The van der Waals surface area contributed by atoms with Gasteiger partial charge >= 0.3 is 5.97 Å². The van der Waals surface area contributed by atoms with E-state index in [1.165, 1.54) is 32.1 Å². The first kappa shape index (κ1) is 14.1. The first-order chi connectivity index (χ1) is 9.15. The fourth-order valence-corrected chi connectivity index (χ4v) is 2.99. The highest BCUT2D eigenvalue weighted by atomic mass is 16.4. The van der Waals surface area contributed by atoms with E-state index in [1.807, 2.05) is 12.1 Å². The number of hydrogen-bond donors (Lipinski definition) is 1. The number of nitrogens with zero attached hydrogens (tertiary/aromatic N) is 1. The third-order valence-electron chi connectivity index (χ3n) is 3.92. The molecule has 0 amide bonds. The SMILES string of the molecule is CN(Cc1cccc(C(=O)O)c1)CC1CCCCC1. The first-order valence-corrected chi connectivity index (χ1v) is 7.16. The third kappa shape index (κ3) is 4.35. The number of hydrogen-bond acceptors (Lipinski definition) is 2. The fraction of sp³-hybridized carbons (Fsp3) is 0.562. The van der Waals surface area contributed by atoms with Crippen molar-refractivity contribution < 1.29 is 9.90 Å². The highest BCUT2D eigenvalue weighted by molar-refractivity contribution is 5.87. The van der Waals surface area contributed by atoms with Crippen molar-refractivity contribution in [3.63, 3.8) is 0 Å². The summed E-state index contributed by atoms with van der Waals surface area (Å²) in [6, 6.07) is 7.25. The molecule has 104 valence electrons. The summed E-state index contributed by atoms with van der Waals surface area (Å²) in [7, 11) is 2.13. The summed E-state index contributed by atoms with van der Waals surface area (Å²) in [4.78, 5) is 13.3. The monoisotopic (exact) mass is 261 g/mol. The molecule has 0 aromatic heterocycles. The Morgan fingerprint density at radius 2 is 2.05 bits per heavy atom. The summed E-state index contributed by atoms with van der Waals surface area (Å²) in [5, 5.41) is 8.99. The molecular weight excluding hydrogens is 238 g/mol. The number of carboxylic acid groups (broad SMARTS) is 1. The molecular formula is C16H23NO2. The number of rotatable bonds is 5. The second kappa shape index (κ2) is 6.71. The molecule has 3 nitrogen and oxygen atoms in total. The predicted molar refractivity (Wildman–Crippen MR) is 76.3 cm³/mol. The van der Waals surface area contributed by atoms with E-state index in [-0.39, 0.29) is 0 Å². The standard InChI is InChI=1S/C16H23NO2/c1-17(11-13-6-3-2-4-7-13)12-14-8-5-9-15(10-14)16(18)19/h5,8-10,13H,2-4,6-7,11-12H2,1H3,(H,18,19). The maximum absolute atomic E-state index is 10.9. The van der Waals surface area contributed by atoms with Gasteiger partial charge in [0.25, 0.3) is 0 Å². The number of benzene rings is 1. The molecule has 2 rings (SSSR count). The highest BCUT2D eigenvalue weighted by Crippen LogP contribution is 2.24. The van der Waals surface area contributed by atoms with Gasteiger partial charge in [0.05, 0.1) is 5.56 Å². The second-order valence-electron chi connectivity index (χ2n) is 5.71. The van der Waals surface area contributed by atoms with Gasteiger partial charge in [0.1, 0.15) is 0 Å². The molecule has 0 atom stereocenters. The van der Waals surface area contributed by atoms with E-state index >= 15 is 0 Å². The quantitative estimate of drug-likeness (QED) is 0.883. The van der Waals surface area contributed by atoms with Crippen molar-refractivity contribution in [2.24, 2.45) is 5.92 Å². The molecule has 19 heavy (non-hydrogen) atoms. The van der Waals surface area contributed by atoms with Gasteiger partial charge in [-0.1, -0.05) is 31.4 Å². The molecule has 1 aromatic rings. The van der Waals surface area contributed by atoms with E-state index in [1.54, 1.807) is 12.1 Å². The van der Waals surface area contributed by atoms with Gasteiger partial charge in [-0.2, -0.15) is 0 Å². The predicted octanol–water partition coefficient (Wildman–Crippen LogP) is 3.40. The molecule has 1 saturated carbocycles. The minimum absolute atomic E-state index is 0.378. The fourth-order valence-electron chi connectivity index (χ4n) is 2.99. The maximum Gasteiger partial charge on any atom is 0.335 e. The lowest BCUT2D eigenvalue weighted by atomic mass is 9.89. The second-order valence-corrected chi connectivity index (χ2v) is 5.71. The van der Waals surface area contributed by atoms with Crippen molar-refractivity contribution in [3.05, 3.63) is 35.4 Å². The van der Waals surface area contributed by atoms with Crippen LogP contribution in [0.3, 0.4) is 0 Å². The van der Waals surface area contributed by atoms with E-state index in [9.17, 15) is 4.79 Å². The first-order valence-electron chi connectivity index (χ1n) is 7.16. The Balaban J connectivity index is 1.88. The van der Waals surface area contributed by atoms with Crippen LogP contribution in [-0.4, -0.2) is 29.6 Å². The normalized spacial score (nSPS) is 16.7. The largest absolute Gasteiger partial charge is 0.478 e. The van der Waals surface area contributed by atoms with E-state index in [0.29, 0.717) is 5.56 Å². The van der Waals surface area contributed by atoms with Crippen LogP contribution in [0.1, 0.15) is 48.0 Å². The summed E-state index contributed by atoms with van der Waals surface area (Å²) in [6.07, 6.45) is 6.82. The number of carbonyl (C=O) groups is 1. The van der Waals surface area contributed by atoms with Crippen LogP contribution in [0.4, 0.5) is 0 Å². The van der Waals surface area contributed by atoms with Crippen molar-refractivity contribution in [2.45, 2.75) is 38.6 Å². The molecule has 0 bridgehead atoms. The molecule has 3 heteroatoms. The molecule has 0 unspecified atom stereocenters. The van der Waals surface area contributed by atoms with Gasteiger partial charge in [0.2, 0.25) is 0 Å². The van der Waals surface area contributed by atoms with Crippen LogP contribution in [0.5, 0.6) is 0 Å². The van der Waals surface area contributed by atoms with Crippen LogP contribution in [0.25, 0.3) is 0 Å². The van der Waals surface area contributed by atoms with E-state index in [0.717, 1.165) is 24.6 Å². The van der Waals surface area contributed by atoms with Crippen LogP contribution in [0.15, 0.2) is 24.3 Å². The van der Waals surface area contributed by atoms with E-state index in [2.05, 4.69) is 11.9 Å². The van der Waals surface area contributed by atoms with Gasteiger partial charge in [-0.25, -0.2) is 4.79 Å². The Hall–Kier alpha value is -1.35. The van der Waals surface area contributed by atoms with E-state index in [4.69, 9.17) is 5.11 Å². The van der Waals surface area contributed by atoms with Crippen LogP contribution >= 0.6 is 0 Å². The van der Waals surface area contributed by atoms with Crippen molar-refractivity contribution >= 4 is 5.97 Å². The summed E-state index contributed by atoms with van der Waals surface area (Å²) in [5.41, 5.74) is 1.46. The molecule has 1 aromatic carbocycles. The van der Waals surface area contributed by atoms with Crippen molar-refractivity contribution in [3.8, 4) is 0 Å². The molecule has 0 saturated heterocycles. The lowest BCUT2D eigenvalue weighted by Crippen LogP contribution is -2.26. The maximum atomic E-state index is 10.9. The molecule has 1 N–H and O–H groups in total. The molecule has 0 aliphatic heterocycles. The Morgan fingerprint density at radius 1 is 1.32 bits per heavy atom. The number of carboxylic acids is 1. The molecule has 1 aliphatic rings. The summed E-state index contributed by atoms with van der Waals surface area (Å²) in [5.74, 6) is -0.0295. The zero-order chi connectivity index (χ0) is 13.7. The van der Waals surface area contributed by atoms with Crippen molar-refractivity contribution in [1.29, 1.82) is 0 Å². The minimum atomic E-state index is -0.850. The van der Waals surface area contributed by atoms with Crippen LogP contribution in [0, 0.1) is 5.92 Å². The van der Waals surface area contributed by atoms with Gasteiger partial charge in [0.15, 0.2) is 0 Å². The Kier molecular flexibility index (Phi) is 4.97. The van der Waals surface area contributed by atoms with Gasteiger partial charge in [0, 0.05) is 13.1 Å². The molecule has 1 aliphatic carbocycles. The Labute approximate surface area is 115 Å². The van der Waals surface area contributed by atoms with Gasteiger partial charge < -0.3 is 10.0 Å². The average Bonchev–Trinajstić information content (AvgIpc) is 2.40. The molecule has 0 spiro atoms. The lowest BCUT2D eigenvalue weighted by molar-refractivity contribution is 0.0696. The summed E-state index contributed by atoms with van der Waals surface area (Å²) >= 11 is 0. The Bertz CT molecular complexity index is 425. The van der Waals surface area contributed by atoms with Crippen LogP contribution in [0.2, 0.25) is 0 Å². The molecule has 0 heterocycles. The van der Waals surface area contributed by atoms with Crippen LogP contribution in [-0.2, 0) is 6.54 Å². The summed E-state index contributed by atoms with van der Waals surface area (Å²) in [6.45, 7) is 1.95. The van der Waals surface area contributed by atoms with Crippen molar-refractivity contribution in [1.82, 2.24) is 4.90 Å². The minimum Gasteiger partial charge on any atom is -0.478 e. The smallest absolute Gasteiger partial charge is 0.335 e. The zero-order valence-electron chi connectivity index (χ0n) is 11.6. The third-order valence-corrected chi connectivity index (χ3v) is 3.92. The van der Waals surface area contributed by atoms with Crippen LogP contribution < -0.4 is 0 Å². The Morgan fingerprint density at radius 3 is 2.74 bits per heavy atom. The van der Waals surface area contributed by atoms with Gasteiger partial charge in [-0.05, 0) is 43.5 Å². The van der Waals surface area contributed by atoms with E-state index < -0.39 is 5.97 Å². The van der Waals surface area contributed by atoms with Crippen molar-refractivity contribution in [2.75, 3.05) is 13.6 Å². The molecule has 1 fully saturated rings. The molecule has 0 radical (unpaired) electrons. The van der Waals surface area contributed by atoms with Gasteiger partial charge in [-0.3, -0.25) is 0 Å². The zero-order valence-corrected chi connectivity index (χ0v) is 11.6. The summed E-state index contributed by atoms with van der Waals surface area (Å²) < 4.78 is 0. The topological polar surface area (TPSA) is 40.5 Å². The highest BCUT2D eigenvalue weighted by Gasteiger charge is 2.15. The average molecular weight is 261 g/mol. The lowest BCUT2D eigenvalue weighted by Gasteiger charge is -2.27. The number of aromatic carboxylic acids is 1. The van der Waals surface area contributed by atoms with Gasteiger partial charge in [-0.15, -0.1) is 0 Å².